The summed E-state index contributed by atoms with van der Waals surface area (Å²) in [6.07, 6.45) is 8.29. The Hall–Kier alpha value is -2.17. The van der Waals surface area contributed by atoms with Crippen molar-refractivity contribution in [1.29, 1.82) is 0 Å². The van der Waals surface area contributed by atoms with Crippen LogP contribution in [0.15, 0.2) is 24.5 Å². The second-order valence-electron chi connectivity index (χ2n) is 3.75. The fourth-order valence-electron chi connectivity index (χ4n) is 1.49. The van der Waals surface area contributed by atoms with Gasteiger partial charge in [0.2, 0.25) is 5.91 Å². The third-order valence-corrected chi connectivity index (χ3v) is 2.31. The van der Waals surface area contributed by atoms with E-state index in [2.05, 4.69) is 20.5 Å². The van der Waals surface area contributed by atoms with Gasteiger partial charge in [0.25, 0.3) is 0 Å². The van der Waals surface area contributed by atoms with E-state index in [0.717, 1.165) is 23.0 Å². The average Bonchev–Trinajstić information content (AvgIpc) is 2.75. The predicted octanol–water partition coefficient (Wildman–Crippen LogP) is 1.50. The molecule has 5 nitrogen and oxygen atoms in total. The Kier molecular flexibility index (Phi) is 3.49. The molecule has 0 unspecified atom stereocenters. The number of nitrogens with zero attached hydrogens (tertiary/aromatic N) is 2. The molecule has 2 aromatic rings. The minimum atomic E-state index is -0.000976. The second-order valence-corrected chi connectivity index (χ2v) is 3.75. The molecule has 88 valence electrons. The highest BCUT2D eigenvalue weighted by molar-refractivity contribution is 5.75. The van der Waals surface area contributed by atoms with Crippen LogP contribution in [0.5, 0.6) is 0 Å². The lowest BCUT2D eigenvalue weighted by atomic mass is 10.2. The van der Waals surface area contributed by atoms with Crippen LogP contribution in [-0.4, -0.2) is 27.6 Å². The molecule has 0 fully saturated rings. The molecule has 0 aromatic carbocycles. The lowest BCUT2D eigenvalue weighted by molar-refractivity contribution is -0.118. The van der Waals surface area contributed by atoms with Crippen molar-refractivity contribution in [2.45, 2.75) is 13.3 Å². The van der Waals surface area contributed by atoms with E-state index in [1.807, 2.05) is 18.2 Å². The summed E-state index contributed by atoms with van der Waals surface area (Å²) in [6.45, 7) is 2.17. The number of carbonyl (C=O) groups is 1. The molecule has 5 heteroatoms. The summed E-state index contributed by atoms with van der Waals surface area (Å²) in [5.41, 5.74) is 2.80. The summed E-state index contributed by atoms with van der Waals surface area (Å²) in [6, 6.07) is 1.99. The summed E-state index contributed by atoms with van der Waals surface area (Å²) < 4.78 is 0. The number of H-pyrrole nitrogens is 1. The minimum Gasteiger partial charge on any atom is -0.356 e. The number of pyridine rings is 1. The Labute approximate surface area is 98.9 Å². The van der Waals surface area contributed by atoms with Crippen molar-refractivity contribution in [3.05, 3.63) is 30.1 Å². The first-order valence-electron chi connectivity index (χ1n) is 5.46. The molecule has 0 saturated heterocycles. The normalized spacial score (nSPS) is 11.1. The zero-order chi connectivity index (χ0) is 12.1. The van der Waals surface area contributed by atoms with Gasteiger partial charge in [-0.1, -0.05) is 12.2 Å². The van der Waals surface area contributed by atoms with Crippen LogP contribution in [0.2, 0.25) is 0 Å². The zero-order valence-electron chi connectivity index (χ0n) is 9.60. The predicted molar refractivity (Wildman–Crippen MR) is 66.2 cm³/mol. The van der Waals surface area contributed by atoms with Crippen molar-refractivity contribution in [1.82, 2.24) is 20.5 Å². The molecule has 0 aliphatic carbocycles. The molecular formula is C12H14N4O. The fourth-order valence-corrected chi connectivity index (χ4v) is 1.49. The number of carbonyl (C=O) groups excluding carboxylic acids is 1. The van der Waals surface area contributed by atoms with E-state index in [4.69, 9.17) is 0 Å². The number of nitrogens with one attached hydrogen (secondary N) is 2. The van der Waals surface area contributed by atoms with Gasteiger partial charge in [-0.05, 0) is 18.1 Å². The van der Waals surface area contributed by atoms with Gasteiger partial charge in [0.1, 0.15) is 5.52 Å². The Morgan fingerprint density at radius 3 is 3.24 bits per heavy atom. The van der Waals surface area contributed by atoms with E-state index in [1.165, 1.54) is 6.92 Å². The largest absolute Gasteiger partial charge is 0.356 e. The Morgan fingerprint density at radius 1 is 1.53 bits per heavy atom. The number of aromatic nitrogens is 3. The van der Waals surface area contributed by atoms with E-state index < -0.39 is 0 Å². The molecule has 2 aromatic heterocycles. The van der Waals surface area contributed by atoms with Gasteiger partial charge >= 0.3 is 0 Å². The van der Waals surface area contributed by atoms with Crippen molar-refractivity contribution >= 4 is 23.0 Å². The van der Waals surface area contributed by atoms with E-state index in [1.54, 1.807) is 12.4 Å². The molecule has 0 saturated carbocycles. The van der Waals surface area contributed by atoms with Crippen LogP contribution >= 0.6 is 0 Å². The topological polar surface area (TPSA) is 70.7 Å². The van der Waals surface area contributed by atoms with Gasteiger partial charge < -0.3 is 5.32 Å². The maximum Gasteiger partial charge on any atom is 0.216 e. The number of hydrogen-bond acceptors (Lipinski definition) is 3. The first kappa shape index (κ1) is 11.3. The summed E-state index contributed by atoms with van der Waals surface area (Å²) in [5, 5.41) is 9.52. The lowest BCUT2D eigenvalue weighted by Crippen LogP contribution is -2.20. The maximum atomic E-state index is 10.6. The van der Waals surface area contributed by atoms with Crippen LogP contribution in [0, 0.1) is 0 Å². The van der Waals surface area contributed by atoms with Gasteiger partial charge in [0, 0.05) is 19.7 Å². The quantitative estimate of drug-likeness (QED) is 0.782. The van der Waals surface area contributed by atoms with E-state index in [0.29, 0.717) is 6.54 Å². The molecule has 1 amide bonds. The summed E-state index contributed by atoms with van der Waals surface area (Å²) in [7, 11) is 0. The first-order valence-corrected chi connectivity index (χ1v) is 5.46. The van der Waals surface area contributed by atoms with Crippen LogP contribution in [0.1, 0.15) is 18.9 Å². The number of aromatic amines is 1. The van der Waals surface area contributed by atoms with Crippen LogP contribution in [0.25, 0.3) is 17.1 Å². The fraction of sp³-hybridized carbons (Fsp3) is 0.250. The molecule has 0 aliphatic rings. The van der Waals surface area contributed by atoms with Gasteiger partial charge in [-0.2, -0.15) is 5.10 Å². The number of rotatable bonds is 4. The molecule has 17 heavy (non-hydrogen) atoms. The molecule has 2 heterocycles. The highest BCUT2D eigenvalue weighted by atomic mass is 16.1. The standard InChI is InChI=1S/C12H14N4O/c1-9(17)13-5-3-2-4-10-6-11-12(14-7-10)8-15-16-11/h2,4,6-8H,3,5H2,1H3,(H,13,17)(H,15,16). The highest BCUT2D eigenvalue weighted by Crippen LogP contribution is 2.10. The SMILES string of the molecule is CC(=O)NCCC=Cc1cnc2cn[nH]c2c1. The second kappa shape index (κ2) is 5.25. The summed E-state index contributed by atoms with van der Waals surface area (Å²) in [4.78, 5) is 14.9. The first-order chi connectivity index (χ1) is 8.25. The number of amides is 1. The van der Waals surface area contributed by atoms with Crippen molar-refractivity contribution in [3.8, 4) is 0 Å². The number of fused-ring (bicyclic) bond motifs is 1. The van der Waals surface area contributed by atoms with Gasteiger partial charge in [-0.3, -0.25) is 14.9 Å². The van der Waals surface area contributed by atoms with Gasteiger partial charge in [0.15, 0.2) is 0 Å². The monoisotopic (exact) mass is 230 g/mol. The van der Waals surface area contributed by atoms with Crippen LogP contribution in [-0.2, 0) is 4.79 Å². The summed E-state index contributed by atoms with van der Waals surface area (Å²) >= 11 is 0. The van der Waals surface area contributed by atoms with Crippen LogP contribution < -0.4 is 5.32 Å². The van der Waals surface area contributed by atoms with Crippen LogP contribution in [0.3, 0.4) is 0 Å². The molecule has 0 aliphatic heterocycles. The zero-order valence-corrected chi connectivity index (χ0v) is 9.60. The third-order valence-electron chi connectivity index (χ3n) is 2.31. The smallest absolute Gasteiger partial charge is 0.216 e. The molecular weight excluding hydrogens is 216 g/mol. The van der Waals surface area contributed by atoms with E-state index in [9.17, 15) is 4.79 Å². The molecule has 0 spiro atoms. The highest BCUT2D eigenvalue weighted by Gasteiger charge is 1.96. The number of hydrogen-bond donors (Lipinski definition) is 2. The minimum absolute atomic E-state index is 0.000976. The lowest BCUT2D eigenvalue weighted by Gasteiger charge is -1.97. The van der Waals surface area contributed by atoms with Crippen molar-refractivity contribution < 1.29 is 4.79 Å². The molecule has 0 bridgehead atoms. The molecule has 2 rings (SSSR count). The van der Waals surface area contributed by atoms with Crippen molar-refractivity contribution in [2.24, 2.45) is 0 Å². The third kappa shape index (κ3) is 3.14. The average molecular weight is 230 g/mol. The van der Waals surface area contributed by atoms with Crippen molar-refractivity contribution in [2.75, 3.05) is 6.54 Å². The maximum absolute atomic E-state index is 10.6. The van der Waals surface area contributed by atoms with Gasteiger partial charge in [0.05, 0.1) is 11.7 Å². The van der Waals surface area contributed by atoms with E-state index in [-0.39, 0.29) is 5.91 Å². The van der Waals surface area contributed by atoms with E-state index >= 15 is 0 Å². The molecule has 0 atom stereocenters. The van der Waals surface area contributed by atoms with Crippen LogP contribution in [0.4, 0.5) is 0 Å². The van der Waals surface area contributed by atoms with Gasteiger partial charge in [-0.25, -0.2) is 0 Å². The van der Waals surface area contributed by atoms with Crippen molar-refractivity contribution in [3.63, 3.8) is 0 Å². The summed E-state index contributed by atoms with van der Waals surface area (Å²) in [5.74, 6) is -0.000976. The van der Waals surface area contributed by atoms with Gasteiger partial charge in [-0.15, -0.1) is 0 Å². The molecule has 2 N–H and O–H groups in total. The molecule has 0 radical (unpaired) electrons. The Morgan fingerprint density at radius 2 is 2.41 bits per heavy atom. The Balaban J connectivity index is 1.93. The Bertz CT molecular complexity index is 544.